The summed E-state index contributed by atoms with van der Waals surface area (Å²) in [5.74, 6) is -2.62. The van der Waals surface area contributed by atoms with Crippen molar-refractivity contribution in [1.29, 1.82) is 0 Å². The van der Waals surface area contributed by atoms with E-state index in [4.69, 9.17) is 11.5 Å². The lowest BCUT2D eigenvalue weighted by molar-refractivity contribution is 0.0992. The number of benzene rings is 4. The second-order valence-corrected chi connectivity index (χ2v) is 12.1. The van der Waals surface area contributed by atoms with Crippen LogP contribution in [0, 0.1) is 11.6 Å². The van der Waals surface area contributed by atoms with E-state index < -0.39 is 23.4 Å². The lowest BCUT2D eigenvalue weighted by Gasteiger charge is -2.32. The summed E-state index contributed by atoms with van der Waals surface area (Å²) in [7, 11) is 0. The van der Waals surface area contributed by atoms with Crippen molar-refractivity contribution in [1.82, 2.24) is 0 Å². The van der Waals surface area contributed by atoms with Gasteiger partial charge in [0, 0.05) is 48.7 Å². The number of aliphatic hydroxyl groups is 2. The molecule has 2 aliphatic rings. The predicted molar refractivity (Wildman–Crippen MR) is 179 cm³/mol. The predicted octanol–water partition coefficient (Wildman–Crippen LogP) is 5.16. The standard InChI is InChI=1S/C36H37F2N5O4/c37-31-17-21(29-19-23(3-5-27(29)35(39)46)42-13-9-25(44)10-14-42)1-7-33(31)41-34-8-2-22(18-32(34)38)30-20-24(4-6-28(30)36(40)47)43-15-11-26(45)12-16-43/h1-8,17-20,25-26,41,44-45H,9-16H2,(H2,39,46)(H2,40,47). The number of hydrogen-bond donors (Lipinski definition) is 5. The van der Waals surface area contributed by atoms with Crippen molar-refractivity contribution >= 4 is 34.6 Å². The SMILES string of the molecule is NC(=O)c1ccc(N2CCC(O)CC2)cc1-c1ccc(Nc2ccc(-c3cc(N4CCC(O)CC4)ccc3C(N)=O)cc2F)c(F)c1. The minimum absolute atomic E-state index is 0.0225. The molecule has 2 fully saturated rings. The third-order valence-electron chi connectivity index (χ3n) is 9.03. The first-order valence-corrected chi connectivity index (χ1v) is 15.7. The molecule has 0 bridgehead atoms. The third kappa shape index (κ3) is 6.91. The van der Waals surface area contributed by atoms with Crippen LogP contribution in [0.1, 0.15) is 46.4 Å². The van der Waals surface area contributed by atoms with E-state index >= 15 is 8.78 Å². The highest BCUT2D eigenvalue weighted by Gasteiger charge is 2.22. The van der Waals surface area contributed by atoms with Crippen LogP contribution in [-0.4, -0.2) is 60.4 Å². The van der Waals surface area contributed by atoms with Crippen LogP contribution >= 0.6 is 0 Å². The van der Waals surface area contributed by atoms with E-state index in [-0.39, 0.29) is 34.7 Å². The highest BCUT2D eigenvalue weighted by Crippen LogP contribution is 2.35. The van der Waals surface area contributed by atoms with Crippen LogP contribution in [0.15, 0.2) is 72.8 Å². The molecular formula is C36H37F2N5O4. The third-order valence-corrected chi connectivity index (χ3v) is 9.03. The first-order chi connectivity index (χ1) is 22.6. The van der Waals surface area contributed by atoms with Gasteiger partial charge in [-0.3, -0.25) is 9.59 Å². The van der Waals surface area contributed by atoms with E-state index in [0.717, 1.165) is 11.4 Å². The van der Waals surface area contributed by atoms with Crippen LogP contribution in [0.5, 0.6) is 0 Å². The molecule has 244 valence electrons. The van der Waals surface area contributed by atoms with Gasteiger partial charge in [-0.2, -0.15) is 0 Å². The molecule has 4 aromatic rings. The lowest BCUT2D eigenvalue weighted by atomic mass is 9.96. The Bertz CT molecular complexity index is 1690. The van der Waals surface area contributed by atoms with Gasteiger partial charge in [0.25, 0.3) is 0 Å². The van der Waals surface area contributed by atoms with Gasteiger partial charge in [-0.15, -0.1) is 0 Å². The summed E-state index contributed by atoms with van der Waals surface area (Å²) >= 11 is 0. The number of carbonyl (C=O) groups is 2. The van der Waals surface area contributed by atoms with Crippen molar-refractivity contribution in [3.05, 3.63) is 95.6 Å². The Kier molecular flexibility index (Phi) is 9.10. The van der Waals surface area contributed by atoms with Crippen LogP contribution in [0.25, 0.3) is 22.3 Å². The summed E-state index contributed by atoms with van der Waals surface area (Å²) in [4.78, 5) is 28.7. The maximum absolute atomic E-state index is 15.5. The van der Waals surface area contributed by atoms with Crippen molar-refractivity contribution in [3.63, 3.8) is 0 Å². The van der Waals surface area contributed by atoms with E-state index in [1.165, 1.54) is 24.3 Å². The molecule has 0 atom stereocenters. The Morgan fingerprint density at radius 3 is 1.34 bits per heavy atom. The van der Waals surface area contributed by atoms with Crippen molar-refractivity contribution < 1.29 is 28.6 Å². The zero-order chi connectivity index (χ0) is 33.2. The summed E-state index contributed by atoms with van der Waals surface area (Å²) in [6, 6.07) is 19.2. The van der Waals surface area contributed by atoms with Gasteiger partial charge in [-0.25, -0.2) is 8.78 Å². The highest BCUT2D eigenvalue weighted by molar-refractivity contribution is 6.01. The van der Waals surface area contributed by atoms with Crippen molar-refractivity contribution in [3.8, 4) is 22.3 Å². The van der Waals surface area contributed by atoms with Gasteiger partial charge >= 0.3 is 0 Å². The van der Waals surface area contributed by atoms with E-state index in [2.05, 4.69) is 15.1 Å². The molecule has 47 heavy (non-hydrogen) atoms. The molecule has 2 amide bonds. The molecule has 4 aromatic carbocycles. The molecule has 7 N–H and O–H groups in total. The average Bonchev–Trinajstić information content (AvgIpc) is 3.06. The number of halogens is 2. The van der Waals surface area contributed by atoms with E-state index in [1.807, 2.05) is 0 Å². The molecule has 2 heterocycles. The molecule has 0 spiro atoms. The molecule has 6 rings (SSSR count). The molecule has 0 unspecified atom stereocenters. The number of rotatable bonds is 8. The average molecular weight is 642 g/mol. The van der Waals surface area contributed by atoms with Gasteiger partial charge in [0.2, 0.25) is 11.8 Å². The Balaban J connectivity index is 1.25. The molecule has 0 aliphatic carbocycles. The molecule has 11 heteroatoms. The van der Waals surface area contributed by atoms with Gasteiger partial charge in [0.15, 0.2) is 0 Å². The van der Waals surface area contributed by atoms with Crippen LogP contribution in [-0.2, 0) is 0 Å². The first-order valence-electron chi connectivity index (χ1n) is 15.7. The van der Waals surface area contributed by atoms with Crippen LogP contribution in [0.3, 0.4) is 0 Å². The summed E-state index contributed by atoms with van der Waals surface area (Å²) < 4.78 is 31.0. The summed E-state index contributed by atoms with van der Waals surface area (Å²) in [5, 5.41) is 22.6. The Hall–Kier alpha value is -5.00. The molecular weight excluding hydrogens is 604 g/mol. The number of carbonyl (C=O) groups excluding carboxylic acids is 2. The number of primary amides is 2. The maximum atomic E-state index is 15.5. The second kappa shape index (κ2) is 13.4. The van der Waals surface area contributed by atoms with E-state index in [1.54, 1.807) is 48.5 Å². The van der Waals surface area contributed by atoms with Crippen LogP contribution in [0.2, 0.25) is 0 Å². The monoisotopic (exact) mass is 641 g/mol. The Morgan fingerprint density at radius 2 is 1.00 bits per heavy atom. The largest absolute Gasteiger partial charge is 0.393 e. The van der Waals surface area contributed by atoms with E-state index in [9.17, 15) is 19.8 Å². The Labute approximate surface area is 271 Å². The molecule has 9 nitrogen and oxygen atoms in total. The van der Waals surface area contributed by atoms with Gasteiger partial charge in [-0.05, 0) is 109 Å². The normalized spacial score (nSPS) is 15.9. The number of hydrogen-bond acceptors (Lipinski definition) is 7. The number of nitrogens with one attached hydrogen (secondary N) is 1. The highest BCUT2D eigenvalue weighted by atomic mass is 19.1. The number of amides is 2. The second-order valence-electron chi connectivity index (χ2n) is 12.1. The zero-order valence-corrected chi connectivity index (χ0v) is 25.8. The van der Waals surface area contributed by atoms with Crippen molar-refractivity contribution in [2.45, 2.75) is 37.9 Å². The van der Waals surface area contributed by atoms with Gasteiger partial charge < -0.3 is 36.8 Å². The van der Waals surface area contributed by atoms with Crippen LogP contribution < -0.4 is 26.6 Å². The molecule has 0 radical (unpaired) electrons. The van der Waals surface area contributed by atoms with Gasteiger partial charge in [-0.1, -0.05) is 12.1 Å². The summed E-state index contributed by atoms with van der Waals surface area (Å²) in [5.41, 5.74) is 15.3. The summed E-state index contributed by atoms with van der Waals surface area (Å²) in [6.45, 7) is 2.60. The van der Waals surface area contributed by atoms with E-state index in [0.29, 0.717) is 74.1 Å². The van der Waals surface area contributed by atoms with Crippen LogP contribution in [0.4, 0.5) is 31.5 Å². The molecule has 2 aliphatic heterocycles. The smallest absolute Gasteiger partial charge is 0.249 e. The fourth-order valence-corrected chi connectivity index (χ4v) is 6.33. The number of nitrogens with zero attached hydrogens (tertiary/aromatic N) is 2. The maximum Gasteiger partial charge on any atom is 0.249 e. The number of anilines is 4. The summed E-state index contributed by atoms with van der Waals surface area (Å²) in [6.07, 6.45) is 1.83. The topological polar surface area (TPSA) is 145 Å². The first kappa shape index (κ1) is 32.0. The number of aliphatic hydroxyl groups excluding tert-OH is 2. The zero-order valence-electron chi connectivity index (χ0n) is 25.8. The minimum atomic E-state index is -0.664. The number of nitrogens with two attached hydrogens (primary N) is 2. The van der Waals surface area contributed by atoms with Gasteiger partial charge in [0.05, 0.1) is 23.6 Å². The van der Waals surface area contributed by atoms with Gasteiger partial charge in [0.1, 0.15) is 11.6 Å². The lowest BCUT2D eigenvalue weighted by Crippen LogP contribution is -2.35. The van der Waals surface area contributed by atoms with Crippen molar-refractivity contribution in [2.24, 2.45) is 11.5 Å². The molecule has 0 aromatic heterocycles. The molecule has 0 saturated carbocycles. The molecule has 2 saturated heterocycles. The fourth-order valence-electron chi connectivity index (χ4n) is 6.33. The fraction of sp³-hybridized carbons (Fsp3) is 0.278. The quantitative estimate of drug-likeness (QED) is 0.179. The Morgan fingerprint density at radius 1 is 0.617 bits per heavy atom. The number of piperidine rings is 2. The van der Waals surface area contributed by atoms with Crippen molar-refractivity contribution in [2.75, 3.05) is 41.3 Å². The minimum Gasteiger partial charge on any atom is -0.393 e.